The van der Waals surface area contributed by atoms with E-state index in [0.717, 1.165) is 37.7 Å². The van der Waals surface area contributed by atoms with E-state index < -0.39 is 0 Å². The van der Waals surface area contributed by atoms with Gasteiger partial charge in [-0.3, -0.25) is 9.36 Å². The first kappa shape index (κ1) is 24.4. The number of hydrogen-bond acceptors (Lipinski definition) is 8. The maximum Gasteiger partial charge on any atom is 0.255 e. The Labute approximate surface area is 225 Å². The lowest BCUT2D eigenvalue weighted by atomic mass is 10.2. The van der Waals surface area contributed by atoms with E-state index in [1.165, 1.54) is 5.69 Å². The van der Waals surface area contributed by atoms with Gasteiger partial charge >= 0.3 is 0 Å². The van der Waals surface area contributed by atoms with E-state index in [0.29, 0.717) is 34.3 Å². The molecule has 0 aliphatic carbocycles. The molecule has 0 spiro atoms. The van der Waals surface area contributed by atoms with Crippen LogP contribution in [0.4, 0.5) is 34.6 Å². The average Bonchev–Trinajstić information content (AvgIpc) is 3.29. The number of ether oxygens (including phenoxy) is 1. The van der Waals surface area contributed by atoms with Crippen molar-refractivity contribution in [3.63, 3.8) is 0 Å². The molecule has 3 aromatic carbocycles. The summed E-state index contributed by atoms with van der Waals surface area (Å²) in [6.07, 6.45) is 1.70. The number of anilines is 6. The molecule has 1 saturated heterocycles. The lowest BCUT2D eigenvalue weighted by molar-refractivity contribution is 0.102. The monoisotopic (exact) mass is 520 g/mol. The van der Waals surface area contributed by atoms with Crippen LogP contribution in [0.25, 0.3) is 11.2 Å². The van der Waals surface area contributed by atoms with Gasteiger partial charge in [-0.25, -0.2) is 9.97 Å². The summed E-state index contributed by atoms with van der Waals surface area (Å²) in [6.45, 7) is 3.33. The maximum atomic E-state index is 12.4. The first-order valence-corrected chi connectivity index (χ1v) is 12.8. The van der Waals surface area contributed by atoms with E-state index in [-0.39, 0.29) is 5.91 Å². The molecule has 39 heavy (non-hydrogen) atoms. The molecule has 1 fully saturated rings. The van der Waals surface area contributed by atoms with Gasteiger partial charge < -0.3 is 25.6 Å². The largest absolute Gasteiger partial charge is 0.378 e. The summed E-state index contributed by atoms with van der Waals surface area (Å²) in [7, 11) is 1.92. The highest BCUT2D eigenvalue weighted by atomic mass is 16.5. The van der Waals surface area contributed by atoms with Crippen molar-refractivity contribution < 1.29 is 9.53 Å². The predicted molar refractivity (Wildman–Crippen MR) is 153 cm³/mol. The Hall–Kier alpha value is -4.96. The third kappa shape index (κ3) is 5.51. The number of fused-ring (bicyclic) bond motifs is 1. The highest BCUT2D eigenvalue weighted by Gasteiger charge is 2.13. The molecule has 1 amide bonds. The van der Waals surface area contributed by atoms with Crippen molar-refractivity contribution in [3.05, 3.63) is 90.6 Å². The molecule has 6 rings (SSSR count). The van der Waals surface area contributed by atoms with Gasteiger partial charge in [-0.1, -0.05) is 18.2 Å². The van der Waals surface area contributed by atoms with Crippen LogP contribution in [0.5, 0.6) is 0 Å². The Bertz CT molecular complexity index is 1580. The molecule has 10 heteroatoms. The van der Waals surface area contributed by atoms with Gasteiger partial charge in [0.05, 0.1) is 19.4 Å². The normalized spacial score (nSPS) is 13.3. The first-order valence-electron chi connectivity index (χ1n) is 12.8. The van der Waals surface area contributed by atoms with Crippen molar-refractivity contribution in [2.75, 3.05) is 47.2 Å². The minimum Gasteiger partial charge on any atom is -0.378 e. The number of amides is 1. The summed E-state index contributed by atoms with van der Waals surface area (Å²) in [5.74, 6) is 0.973. The molecule has 196 valence electrons. The molecule has 0 radical (unpaired) electrons. The predicted octanol–water partition coefficient (Wildman–Crippen LogP) is 4.94. The highest BCUT2D eigenvalue weighted by molar-refractivity contribution is 6.04. The van der Waals surface area contributed by atoms with Crippen molar-refractivity contribution in [2.24, 2.45) is 7.05 Å². The Morgan fingerprint density at radius 3 is 2.23 bits per heavy atom. The Morgan fingerprint density at radius 1 is 0.821 bits per heavy atom. The number of rotatable bonds is 7. The van der Waals surface area contributed by atoms with E-state index >= 15 is 0 Å². The molecule has 0 bridgehead atoms. The maximum absolute atomic E-state index is 12.4. The SMILES string of the molecule is Cn1c(Nc2ccc(N3CCOCC3)cc2)nc2cnc(Nc3ccc(NC(=O)c4ccccc4)cc3)nc21. The van der Waals surface area contributed by atoms with Crippen LogP contribution in [0, 0.1) is 0 Å². The van der Waals surface area contributed by atoms with Crippen LogP contribution in [-0.2, 0) is 11.8 Å². The Kier molecular flexibility index (Phi) is 6.75. The zero-order valence-corrected chi connectivity index (χ0v) is 21.5. The van der Waals surface area contributed by atoms with E-state index in [9.17, 15) is 4.79 Å². The molecule has 0 unspecified atom stereocenters. The minimum atomic E-state index is -0.154. The Balaban J connectivity index is 1.12. The van der Waals surface area contributed by atoms with Gasteiger partial charge in [0.15, 0.2) is 5.65 Å². The van der Waals surface area contributed by atoms with Crippen LogP contribution in [0.15, 0.2) is 85.1 Å². The molecule has 0 atom stereocenters. The second kappa shape index (κ2) is 10.8. The van der Waals surface area contributed by atoms with Gasteiger partial charge in [0, 0.05) is 48.5 Å². The molecule has 3 N–H and O–H groups in total. The van der Waals surface area contributed by atoms with Crippen LogP contribution in [0.1, 0.15) is 10.4 Å². The van der Waals surface area contributed by atoms with Crippen LogP contribution in [0.2, 0.25) is 0 Å². The third-order valence-corrected chi connectivity index (χ3v) is 6.55. The molecular formula is C29H28N8O2. The molecule has 1 aliphatic heterocycles. The summed E-state index contributed by atoms with van der Waals surface area (Å²) in [5, 5.41) is 9.50. The molecule has 0 saturated carbocycles. The first-order chi connectivity index (χ1) is 19.1. The number of carbonyl (C=O) groups excluding carboxylic acids is 1. The molecule has 5 aromatic rings. The number of morpholine rings is 1. The number of imidazole rings is 1. The van der Waals surface area contributed by atoms with E-state index in [4.69, 9.17) is 4.74 Å². The fourth-order valence-corrected chi connectivity index (χ4v) is 4.42. The summed E-state index contributed by atoms with van der Waals surface area (Å²) in [4.78, 5) is 28.5. The highest BCUT2D eigenvalue weighted by Crippen LogP contribution is 2.25. The van der Waals surface area contributed by atoms with Gasteiger partial charge in [-0.05, 0) is 60.7 Å². The number of aryl methyl sites for hydroxylation is 1. The van der Waals surface area contributed by atoms with Crippen molar-refractivity contribution in [2.45, 2.75) is 0 Å². The number of nitrogens with one attached hydrogen (secondary N) is 3. The summed E-state index contributed by atoms with van der Waals surface area (Å²) in [5.41, 5.74) is 5.62. The van der Waals surface area contributed by atoms with Gasteiger partial charge in [0.25, 0.3) is 5.91 Å². The smallest absolute Gasteiger partial charge is 0.255 e. The number of carbonyl (C=O) groups is 1. The molecule has 10 nitrogen and oxygen atoms in total. The molecular weight excluding hydrogens is 492 g/mol. The average molecular weight is 521 g/mol. The quantitative estimate of drug-likeness (QED) is 0.277. The second-order valence-corrected chi connectivity index (χ2v) is 9.19. The Morgan fingerprint density at radius 2 is 1.49 bits per heavy atom. The topological polar surface area (TPSA) is 109 Å². The zero-order chi connectivity index (χ0) is 26.6. The second-order valence-electron chi connectivity index (χ2n) is 9.19. The number of benzene rings is 3. The number of nitrogens with zero attached hydrogens (tertiary/aromatic N) is 5. The molecule has 1 aliphatic rings. The van der Waals surface area contributed by atoms with E-state index in [2.05, 4.69) is 60.1 Å². The zero-order valence-electron chi connectivity index (χ0n) is 21.5. The molecule has 2 aromatic heterocycles. The summed E-state index contributed by atoms with van der Waals surface area (Å²) < 4.78 is 7.35. The molecule has 3 heterocycles. The van der Waals surface area contributed by atoms with Gasteiger partial charge in [0.1, 0.15) is 5.52 Å². The van der Waals surface area contributed by atoms with Gasteiger partial charge in [-0.15, -0.1) is 0 Å². The summed E-state index contributed by atoms with van der Waals surface area (Å²) in [6, 6.07) is 24.8. The van der Waals surface area contributed by atoms with E-state index in [1.54, 1.807) is 18.3 Å². The standard InChI is InChI=1S/C29H28N8O2/c1-36-26-25(34-29(36)33-23-11-13-24(14-12-23)37-15-17-39-18-16-37)19-30-28(35-26)32-22-9-7-21(8-10-22)31-27(38)20-5-3-2-4-6-20/h2-14,19H,15-18H2,1H3,(H,31,38)(H,33,34)(H,30,32,35). The van der Waals surface area contributed by atoms with Crippen molar-refractivity contribution >= 4 is 51.7 Å². The van der Waals surface area contributed by atoms with Crippen LogP contribution in [-0.4, -0.2) is 51.7 Å². The van der Waals surface area contributed by atoms with Gasteiger partial charge in [-0.2, -0.15) is 4.98 Å². The van der Waals surface area contributed by atoms with Crippen LogP contribution in [0.3, 0.4) is 0 Å². The lowest BCUT2D eigenvalue weighted by Gasteiger charge is -2.28. The van der Waals surface area contributed by atoms with Crippen LogP contribution < -0.4 is 20.9 Å². The van der Waals surface area contributed by atoms with Gasteiger partial charge in [0.2, 0.25) is 11.9 Å². The fraction of sp³-hybridized carbons (Fsp3) is 0.172. The number of hydrogen-bond donors (Lipinski definition) is 3. The van der Waals surface area contributed by atoms with Crippen molar-refractivity contribution in [1.29, 1.82) is 0 Å². The van der Waals surface area contributed by atoms with Crippen molar-refractivity contribution in [3.8, 4) is 0 Å². The number of aromatic nitrogens is 4. The van der Waals surface area contributed by atoms with Crippen molar-refractivity contribution in [1.82, 2.24) is 19.5 Å². The summed E-state index contributed by atoms with van der Waals surface area (Å²) >= 11 is 0. The fourth-order valence-electron chi connectivity index (χ4n) is 4.42. The van der Waals surface area contributed by atoms with Crippen LogP contribution >= 0.6 is 0 Å². The minimum absolute atomic E-state index is 0.154. The third-order valence-electron chi connectivity index (χ3n) is 6.55. The van der Waals surface area contributed by atoms with E-state index in [1.807, 2.05) is 54.1 Å². The lowest BCUT2D eigenvalue weighted by Crippen LogP contribution is -2.36.